The van der Waals surface area contributed by atoms with E-state index in [9.17, 15) is 9.59 Å². The maximum atomic E-state index is 13.3. The van der Waals surface area contributed by atoms with Crippen LogP contribution < -0.4 is 22.1 Å². The van der Waals surface area contributed by atoms with Gasteiger partial charge in [-0.2, -0.15) is 5.10 Å². The van der Waals surface area contributed by atoms with Crippen LogP contribution in [0.25, 0.3) is 0 Å². The number of carbonyl (C=O) groups excluding carboxylic acids is 2. The van der Waals surface area contributed by atoms with Crippen LogP contribution in [0.5, 0.6) is 0 Å². The monoisotopic (exact) mass is 582 g/mol. The first-order chi connectivity index (χ1) is 16.8. The highest BCUT2D eigenvalue weighted by atomic mass is 127. The number of carbonyl (C=O) groups is 2. The minimum atomic E-state index is -0.736. The fourth-order valence-corrected chi connectivity index (χ4v) is 3.88. The number of halogens is 1. The Balaban J connectivity index is 1.78. The summed E-state index contributed by atoms with van der Waals surface area (Å²) in [6.45, 7) is 1.76. The van der Waals surface area contributed by atoms with Crippen molar-refractivity contribution >= 4 is 51.8 Å². The number of hydrogen-bond donors (Lipinski definition) is 4. The third-order valence-electron chi connectivity index (χ3n) is 5.14. The fraction of sp³-hybridized carbons (Fsp3) is 0.154. The van der Waals surface area contributed by atoms with E-state index in [1.54, 1.807) is 37.3 Å². The third-order valence-corrected chi connectivity index (χ3v) is 5.81. The molecule has 0 bridgehead atoms. The van der Waals surface area contributed by atoms with E-state index in [0.29, 0.717) is 29.8 Å². The van der Waals surface area contributed by atoms with Crippen LogP contribution in [0, 0.1) is 3.57 Å². The van der Waals surface area contributed by atoms with Gasteiger partial charge in [0.25, 0.3) is 5.91 Å². The van der Waals surface area contributed by atoms with Gasteiger partial charge in [0.05, 0.1) is 5.71 Å². The van der Waals surface area contributed by atoms with Crippen LogP contribution in [0.1, 0.15) is 34.8 Å². The quantitative estimate of drug-likeness (QED) is 0.133. The molecule has 0 saturated carbocycles. The van der Waals surface area contributed by atoms with Crippen LogP contribution in [-0.2, 0) is 11.2 Å². The molecule has 3 aromatic rings. The Labute approximate surface area is 218 Å². The molecule has 8 nitrogen and oxygen atoms in total. The van der Waals surface area contributed by atoms with E-state index in [1.165, 1.54) is 0 Å². The highest BCUT2D eigenvalue weighted by Gasteiger charge is 2.22. The van der Waals surface area contributed by atoms with Crippen LogP contribution in [0.2, 0.25) is 0 Å². The second-order valence-electron chi connectivity index (χ2n) is 7.84. The maximum Gasteiger partial charge on any atom is 0.251 e. The van der Waals surface area contributed by atoms with Gasteiger partial charge in [0.2, 0.25) is 11.9 Å². The van der Waals surface area contributed by atoms with Gasteiger partial charge in [-0.05, 0) is 83.8 Å². The number of nitrogens with zero attached hydrogens (tertiary/aromatic N) is 2. The molecule has 0 aliphatic heterocycles. The molecule has 3 rings (SSSR count). The van der Waals surface area contributed by atoms with Gasteiger partial charge in [-0.3, -0.25) is 9.59 Å². The normalized spacial score (nSPS) is 11.9. The predicted octanol–water partition coefficient (Wildman–Crippen LogP) is 3.66. The van der Waals surface area contributed by atoms with E-state index < -0.39 is 6.04 Å². The van der Waals surface area contributed by atoms with Crippen molar-refractivity contribution in [3.8, 4) is 0 Å². The number of guanidine groups is 1. The molecule has 1 atom stereocenters. The summed E-state index contributed by atoms with van der Waals surface area (Å²) in [5.74, 6) is -0.750. The molecule has 35 heavy (non-hydrogen) atoms. The molecule has 0 aliphatic carbocycles. The Bertz CT molecular complexity index is 1240. The minimum Gasteiger partial charge on any atom is -0.369 e. The van der Waals surface area contributed by atoms with Crippen molar-refractivity contribution in [3.05, 3.63) is 99.1 Å². The lowest BCUT2D eigenvalue weighted by Crippen LogP contribution is -2.44. The lowest BCUT2D eigenvalue weighted by Gasteiger charge is -2.19. The summed E-state index contributed by atoms with van der Waals surface area (Å²) in [5, 5.41) is 13.5. The number of nitrogens with one attached hydrogen (secondary N) is 2. The summed E-state index contributed by atoms with van der Waals surface area (Å²) in [6.07, 6.45) is 1.08. The molecule has 3 aromatic carbocycles. The molecule has 0 spiro atoms. The average Bonchev–Trinajstić information content (AvgIpc) is 2.85. The Hall–Kier alpha value is -3.73. The minimum absolute atomic E-state index is 0.140. The lowest BCUT2D eigenvalue weighted by molar-refractivity contribution is -0.118. The number of aryl methyl sites for hydroxylation is 1. The number of rotatable bonds is 9. The summed E-state index contributed by atoms with van der Waals surface area (Å²) >= 11 is 2.15. The highest BCUT2D eigenvalue weighted by Crippen LogP contribution is 2.15. The summed E-state index contributed by atoms with van der Waals surface area (Å²) in [7, 11) is 0. The van der Waals surface area contributed by atoms with Crippen LogP contribution in [0.3, 0.4) is 0 Å². The van der Waals surface area contributed by atoms with Crippen LogP contribution in [0.15, 0.2) is 89.1 Å². The predicted molar refractivity (Wildman–Crippen MR) is 148 cm³/mol. The van der Waals surface area contributed by atoms with Gasteiger partial charge in [-0.1, -0.05) is 48.5 Å². The fourth-order valence-electron chi connectivity index (χ4n) is 3.34. The summed E-state index contributed by atoms with van der Waals surface area (Å²) < 4.78 is 0.940. The van der Waals surface area contributed by atoms with Crippen LogP contribution in [0.4, 0.5) is 5.69 Å². The molecule has 0 unspecified atom stereocenters. The Morgan fingerprint density at radius 1 is 0.914 bits per heavy atom. The van der Waals surface area contributed by atoms with Crippen molar-refractivity contribution in [2.24, 2.45) is 21.7 Å². The topological polar surface area (TPSA) is 135 Å². The van der Waals surface area contributed by atoms with Crippen molar-refractivity contribution in [2.45, 2.75) is 25.8 Å². The van der Waals surface area contributed by atoms with Gasteiger partial charge >= 0.3 is 0 Å². The number of hydrogen-bond acceptors (Lipinski definition) is 4. The zero-order valence-electron chi connectivity index (χ0n) is 19.2. The van der Waals surface area contributed by atoms with E-state index in [1.807, 2.05) is 48.5 Å². The van der Waals surface area contributed by atoms with E-state index in [2.05, 4.69) is 43.4 Å². The van der Waals surface area contributed by atoms with Crippen molar-refractivity contribution in [3.63, 3.8) is 0 Å². The van der Waals surface area contributed by atoms with Crippen molar-refractivity contribution in [1.82, 2.24) is 5.32 Å². The van der Waals surface area contributed by atoms with Crippen molar-refractivity contribution < 1.29 is 9.59 Å². The number of amides is 2. The number of benzene rings is 3. The SMILES string of the molecule is C/C(=N\N=C(N)N)c1cccc(NC(=O)[C@H](CCc2ccccc2)NC(=O)c2cccc(I)c2)c1. The van der Waals surface area contributed by atoms with E-state index in [-0.39, 0.29) is 17.8 Å². The zero-order chi connectivity index (χ0) is 25.2. The molecule has 6 N–H and O–H groups in total. The van der Waals surface area contributed by atoms with Crippen molar-refractivity contribution in [2.75, 3.05) is 5.32 Å². The second kappa shape index (κ2) is 12.7. The molecular formula is C26H27IN6O2. The molecular weight excluding hydrogens is 555 g/mol. The first-order valence-electron chi connectivity index (χ1n) is 11.0. The standard InChI is InChI=1S/C26H27IN6O2/c1-17(32-33-26(28)29)19-9-6-12-22(16-19)30-25(35)23(14-13-18-7-3-2-4-8-18)31-24(34)20-10-5-11-21(27)15-20/h2-12,15-16,23H,13-14H2,1H3,(H,30,35)(H,31,34)(H4,28,29,33)/b32-17+/t23-/m0/s1. The lowest BCUT2D eigenvalue weighted by atomic mass is 10.0. The van der Waals surface area contributed by atoms with Gasteiger partial charge < -0.3 is 22.1 Å². The number of anilines is 1. The Morgan fingerprint density at radius 2 is 1.63 bits per heavy atom. The van der Waals surface area contributed by atoms with Gasteiger partial charge in [-0.15, -0.1) is 5.10 Å². The third kappa shape index (κ3) is 8.21. The first-order valence-corrected chi connectivity index (χ1v) is 12.0. The zero-order valence-corrected chi connectivity index (χ0v) is 21.4. The molecule has 180 valence electrons. The molecule has 9 heteroatoms. The molecule has 0 heterocycles. The Morgan fingerprint density at radius 3 is 2.34 bits per heavy atom. The van der Waals surface area contributed by atoms with Gasteiger partial charge in [0.1, 0.15) is 6.04 Å². The van der Waals surface area contributed by atoms with Gasteiger partial charge in [0.15, 0.2) is 0 Å². The van der Waals surface area contributed by atoms with Gasteiger partial charge in [-0.25, -0.2) is 0 Å². The average molecular weight is 582 g/mol. The molecule has 0 saturated heterocycles. The second-order valence-corrected chi connectivity index (χ2v) is 9.09. The van der Waals surface area contributed by atoms with E-state index >= 15 is 0 Å². The molecule has 0 aromatic heterocycles. The Kier molecular flexibility index (Phi) is 9.36. The number of nitrogens with two attached hydrogens (primary N) is 2. The molecule has 0 radical (unpaired) electrons. The van der Waals surface area contributed by atoms with Gasteiger partial charge in [0, 0.05) is 14.8 Å². The van der Waals surface area contributed by atoms with E-state index in [0.717, 1.165) is 14.7 Å². The summed E-state index contributed by atoms with van der Waals surface area (Å²) in [4.78, 5) is 26.2. The molecule has 2 amide bonds. The van der Waals surface area contributed by atoms with Crippen LogP contribution in [-0.4, -0.2) is 29.5 Å². The highest BCUT2D eigenvalue weighted by molar-refractivity contribution is 14.1. The largest absolute Gasteiger partial charge is 0.369 e. The first kappa shape index (κ1) is 25.9. The van der Waals surface area contributed by atoms with Crippen molar-refractivity contribution in [1.29, 1.82) is 0 Å². The molecule has 0 fully saturated rings. The summed E-state index contributed by atoms with van der Waals surface area (Å²) in [5.41, 5.74) is 14.2. The molecule has 0 aliphatic rings. The maximum absolute atomic E-state index is 13.3. The van der Waals surface area contributed by atoms with Crippen LogP contribution >= 0.6 is 22.6 Å². The van der Waals surface area contributed by atoms with E-state index in [4.69, 9.17) is 11.5 Å². The summed E-state index contributed by atoms with van der Waals surface area (Å²) in [6, 6.07) is 23.5. The smallest absolute Gasteiger partial charge is 0.251 e.